The topological polar surface area (TPSA) is 88.6 Å². The van der Waals surface area contributed by atoms with Crippen LogP contribution in [0.25, 0.3) is 4.96 Å². The lowest BCUT2D eigenvalue weighted by molar-refractivity contribution is 0.0947. The molecule has 2 N–H and O–H groups in total. The summed E-state index contributed by atoms with van der Waals surface area (Å²) in [4.78, 5) is 31.1. The van der Waals surface area contributed by atoms with E-state index in [2.05, 4.69) is 10.3 Å². The maximum atomic E-state index is 13.0. The second kappa shape index (κ2) is 7.89. The van der Waals surface area contributed by atoms with Crippen LogP contribution >= 0.6 is 11.3 Å². The number of aliphatic hydroxyl groups excluding tert-OH is 1. The van der Waals surface area contributed by atoms with Crippen molar-refractivity contribution >= 4 is 22.2 Å². The van der Waals surface area contributed by atoms with Crippen molar-refractivity contribution in [1.82, 2.24) is 19.3 Å². The minimum absolute atomic E-state index is 0.0431. The summed E-state index contributed by atoms with van der Waals surface area (Å²) in [7, 11) is 0. The standard InChI is InChI=1S/C20H24N4O3S/c1-13-7-9-24(15-2-4-16(25)5-3-15)19(27)17(13)18(26)21-8-6-14-12-23-10-11-28-20(23)22-14/h7,9-12,15-16,25H,2-6,8H2,1H3,(H,21,26). The highest BCUT2D eigenvalue weighted by atomic mass is 32.1. The van der Waals surface area contributed by atoms with Crippen LogP contribution < -0.4 is 10.9 Å². The van der Waals surface area contributed by atoms with E-state index in [0.717, 1.165) is 23.5 Å². The second-order valence-corrected chi connectivity index (χ2v) is 8.25. The van der Waals surface area contributed by atoms with E-state index in [1.165, 1.54) is 0 Å². The monoisotopic (exact) mass is 400 g/mol. The first-order valence-corrected chi connectivity index (χ1v) is 10.5. The molecule has 0 unspecified atom stereocenters. The number of aliphatic hydroxyl groups is 1. The van der Waals surface area contributed by atoms with E-state index >= 15 is 0 Å². The number of thiazole rings is 1. The normalized spacial score (nSPS) is 19.8. The van der Waals surface area contributed by atoms with Crippen molar-refractivity contribution in [2.75, 3.05) is 6.54 Å². The summed E-state index contributed by atoms with van der Waals surface area (Å²) in [6.07, 6.45) is 8.90. The van der Waals surface area contributed by atoms with Gasteiger partial charge in [-0.15, -0.1) is 11.3 Å². The molecule has 3 aromatic rings. The molecule has 3 aromatic heterocycles. The van der Waals surface area contributed by atoms with Gasteiger partial charge in [0.25, 0.3) is 11.5 Å². The van der Waals surface area contributed by atoms with E-state index in [1.807, 2.05) is 28.2 Å². The molecule has 3 heterocycles. The fraction of sp³-hybridized carbons (Fsp3) is 0.450. The number of hydrogen-bond acceptors (Lipinski definition) is 5. The number of amides is 1. The predicted molar refractivity (Wildman–Crippen MR) is 108 cm³/mol. The summed E-state index contributed by atoms with van der Waals surface area (Å²) in [6, 6.07) is 1.87. The van der Waals surface area contributed by atoms with Gasteiger partial charge in [-0.3, -0.25) is 14.0 Å². The Balaban J connectivity index is 1.44. The lowest BCUT2D eigenvalue weighted by Crippen LogP contribution is -2.37. The molecule has 1 amide bonds. The van der Waals surface area contributed by atoms with Crippen molar-refractivity contribution in [3.05, 3.63) is 57.2 Å². The first-order valence-electron chi connectivity index (χ1n) is 9.62. The minimum atomic E-state index is -0.339. The molecule has 1 fully saturated rings. The van der Waals surface area contributed by atoms with Crippen molar-refractivity contribution in [2.24, 2.45) is 0 Å². The van der Waals surface area contributed by atoms with Gasteiger partial charge in [0.05, 0.1) is 11.8 Å². The van der Waals surface area contributed by atoms with Gasteiger partial charge in [-0.1, -0.05) is 0 Å². The van der Waals surface area contributed by atoms with E-state index in [1.54, 1.807) is 29.0 Å². The van der Waals surface area contributed by atoms with Crippen LogP contribution in [-0.2, 0) is 6.42 Å². The Morgan fingerprint density at radius 1 is 1.32 bits per heavy atom. The number of carbonyl (C=O) groups excluding carboxylic acids is 1. The first kappa shape index (κ1) is 18.9. The highest BCUT2D eigenvalue weighted by Crippen LogP contribution is 2.27. The molecule has 148 valence electrons. The number of hydrogen-bond donors (Lipinski definition) is 2. The molecule has 0 aliphatic heterocycles. The molecule has 1 aliphatic carbocycles. The summed E-state index contributed by atoms with van der Waals surface area (Å²) in [5, 5.41) is 14.5. The van der Waals surface area contributed by atoms with Gasteiger partial charge >= 0.3 is 0 Å². The summed E-state index contributed by atoms with van der Waals surface area (Å²) >= 11 is 1.57. The zero-order chi connectivity index (χ0) is 19.7. The fourth-order valence-electron chi connectivity index (χ4n) is 3.83. The van der Waals surface area contributed by atoms with E-state index < -0.39 is 0 Å². The first-order chi connectivity index (χ1) is 13.5. The third-order valence-corrected chi connectivity index (χ3v) is 6.20. The van der Waals surface area contributed by atoms with Crippen LogP contribution in [0.4, 0.5) is 0 Å². The maximum Gasteiger partial charge on any atom is 0.263 e. The van der Waals surface area contributed by atoms with Crippen LogP contribution in [0.5, 0.6) is 0 Å². The average Bonchev–Trinajstić information content (AvgIpc) is 3.25. The molecule has 4 rings (SSSR count). The number of imidazole rings is 1. The Hall–Kier alpha value is -2.45. The highest BCUT2D eigenvalue weighted by molar-refractivity contribution is 7.15. The van der Waals surface area contributed by atoms with E-state index in [0.29, 0.717) is 31.4 Å². The van der Waals surface area contributed by atoms with Crippen molar-refractivity contribution in [3.63, 3.8) is 0 Å². The maximum absolute atomic E-state index is 13.0. The SMILES string of the molecule is Cc1ccn(C2CCC(O)CC2)c(=O)c1C(=O)NCCc1cn2ccsc2n1. The van der Waals surface area contributed by atoms with Crippen LogP contribution in [0, 0.1) is 6.92 Å². The van der Waals surface area contributed by atoms with E-state index in [-0.39, 0.29) is 29.2 Å². The van der Waals surface area contributed by atoms with Crippen molar-refractivity contribution in [1.29, 1.82) is 0 Å². The number of pyridine rings is 1. The second-order valence-electron chi connectivity index (χ2n) is 7.38. The van der Waals surface area contributed by atoms with E-state index in [9.17, 15) is 14.7 Å². The van der Waals surface area contributed by atoms with Gasteiger partial charge in [0.15, 0.2) is 4.96 Å². The summed E-state index contributed by atoms with van der Waals surface area (Å²) < 4.78 is 3.63. The number of nitrogens with zero attached hydrogens (tertiary/aromatic N) is 3. The fourth-order valence-corrected chi connectivity index (χ4v) is 4.55. The lowest BCUT2D eigenvalue weighted by atomic mass is 9.92. The Morgan fingerprint density at radius 2 is 2.11 bits per heavy atom. The molecule has 7 nitrogen and oxygen atoms in total. The average molecular weight is 401 g/mol. The number of aromatic nitrogens is 3. The smallest absolute Gasteiger partial charge is 0.263 e. The summed E-state index contributed by atoms with van der Waals surface area (Å²) in [6.45, 7) is 2.21. The molecular weight excluding hydrogens is 376 g/mol. The number of fused-ring (bicyclic) bond motifs is 1. The van der Waals surface area contributed by atoms with Gasteiger partial charge in [-0.05, 0) is 44.2 Å². The van der Waals surface area contributed by atoms with Gasteiger partial charge in [-0.2, -0.15) is 0 Å². The third kappa shape index (κ3) is 3.74. The molecular formula is C20H24N4O3S. The molecule has 0 radical (unpaired) electrons. The molecule has 0 spiro atoms. The van der Waals surface area contributed by atoms with Crippen LogP contribution in [-0.4, -0.2) is 37.6 Å². The Labute approximate surface area is 166 Å². The van der Waals surface area contributed by atoms with Crippen molar-refractivity contribution in [3.8, 4) is 0 Å². The highest BCUT2D eigenvalue weighted by Gasteiger charge is 2.24. The molecule has 0 atom stereocenters. The number of nitrogens with one attached hydrogen (secondary N) is 1. The molecule has 0 saturated heterocycles. The molecule has 1 saturated carbocycles. The van der Waals surface area contributed by atoms with Gasteiger partial charge in [-0.25, -0.2) is 4.98 Å². The molecule has 8 heteroatoms. The molecule has 28 heavy (non-hydrogen) atoms. The summed E-state index contributed by atoms with van der Waals surface area (Å²) in [5.41, 5.74) is 1.55. The largest absolute Gasteiger partial charge is 0.393 e. The van der Waals surface area contributed by atoms with Gasteiger partial charge < -0.3 is 15.0 Å². The zero-order valence-corrected chi connectivity index (χ0v) is 16.6. The number of aryl methyl sites for hydroxylation is 1. The predicted octanol–water partition coefficient (Wildman–Crippen LogP) is 2.31. The quantitative estimate of drug-likeness (QED) is 0.688. The molecule has 0 bridgehead atoms. The van der Waals surface area contributed by atoms with Gasteiger partial charge in [0, 0.05) is 43.0 Å². The van der Waals surface area contributed by atoms with Crippen molar-refractivity contribution in [2.45, 2.75) is 51.2 Å². The van der Waals surface area contributed by atoms with Crippen molar-refractivity contribution < 1.29 is 9.90 Å². The number of carbonyl (C=O) groups is 1. The van der Waals surface area contributed by atoms with Crippen LogP contribution in [0.1, 0.15) is 53.3 Å². The Kier molecular flexibility index (Phi) is 5.32. The van der Waals surface area contributed by atoms with Gasteiger partial charge in [0.2, 0.25) is 0 Å². The van der Waals surface area contributed by atoms with Gasteiger partial charge in [0.1, 0.15) is 5.56 Å². The Morgan fingerprint density at radius 3 is 2.86 bits per heavy atom. The Bertz CT molecular complexity index is 1010. The van der Waals surface area contributed by atoms with Crippen LogP contribution in [0.3, 0.4) is 0 Å². The van der Waals surface area contributed by atoms with Crippen LogP contribution in [0.15, 0.2) is 34.8 Å². The third-order valence-electron chi connectivity index (χ3n) is 5.42. The minimum Gasteiger partial charge on any atom is -0.393 e. The molecule has 0 aromatic carbocycles. The zero-order valence-electron chi connectivity index (χ0n) is 15.8. The number of rotatable bonds is 5. The summed E-state index contributed by atoms with van der Waals surface area (Å²) in [5.74, 6) is -0.339. The van der Waals surface area contributed by atoms with Crippen LogP contribution in [0.2, 0.25) is 0 Å². The lowest BCUT2D eigenvalue weighted by Gasteiger charge is -2.27. The van der Waals surface area contributed by atoms with E-state index in [4.69, 9.17) is 0 Å². The molecule has 1 aliphatic rings.